The van der Waals surface area contributed by atoms with Gasteiger partial charge in [-0.2, -0.15) is 0 Å². The van der Waals surface area contributed by atoms with Crippen molar-refractivity contribution in [1.82, 2.24) is 0 Å². The minimum absolute atomic E-state index is 0.0138. The van der Waals surface area contributed by atoms with Crippen molar-refractivity contribution in [3.8, 4) is 11.3 Å². The van der Waals surface area contributed by atoms with Crippen LogP contribution in [0.5, 0.6) is 0 Å². The molecule has 1 heterocycles. The maximum Gasteiger partial charge on any atom is 0.193 e. The molecule has 0 N–H and O–H groups in total. The third kappa shape index (κ3) is 2.29. The lowest BCUT2D eigenvalue weighted by Gasteiger charge is -2.09. The minimum atomic E-state index is -0.0138. The predicted molar refractivity (Wildman–Crippen MR) is 85.3 cm³/mol. The van der Waals surface area contributed by atoms with Crippen molar-refractivity contribution in [2.24, 2.45) is 0 Å². The molecule has 2 nitrogen and oxygen atoms in total. The molecule has 100 valence electrons. The van der Waals surface area contributed by atoms with E-state index in [1.807, 2.05) is 49.4 Å². The van der Waals surface area contributed by atoms with Gasteiger partial charge in [0.05, 0.1) is 5.39 Å². The molecule has 3 rings (SSSR count). The standard InChI is InChI=1S/C17H13BrO2/c1-11(18)13-8-5-9-14-15(19)10-16(20-17(13)14)12-6-3-2-4-7-12/h2-11H,1H3. The van der Waals surface area contributed by atoms with Crippen molar-refractivity contribution in [2.45, 2.75) is 11.8 Å². The lowest BCUT2D eigenvalue weighted by Crippen LogP contribution is -2.02. The second-order valence-corrected chi connectivity index (χ2v) is 6.05. The highest BCUT2D eigenvalue weighted by molar-refractivity contribution is 9.09. The molecular formula is C17H13BrO2. The summed E-state index contributed by atoms with van der Waals surface area (Å²) >= 11 is 3.55. The maximum absolute atomic E-state index is 12.3. The van der Waals surface area contributed by atoms with E-state index in [9.17, 15) is 4.79 Å². The Morgan fingerprint density at radius 2 is 1.80 bits per heavy atom. The number of hydrogen-bond donors (Lipinski definition) is 0. The van der Waals surface area contributed by atoms with Crippen LogP contribution < -0.4 is 5.43 Å². The van der Waals surface area contributed by atoms with Crippen LogP contribution in [-0.2, 0) is 0 Å². The number of alkyl halides is 1. The van der Waals surface area contributed by atoms with E-state index in [2.05, 4.69) is 15.9 Å². The Morgan fingerprint density at radius 3 is 2.50 bits per heavy atom. The summed E-state index contributed by atoms with van der Waals surface area (Å²) in [6, 6.07) is 16.9. The molecule has 3 aromatic rings. The molecule has 0 aliphatic rings. The Kier molecular flexibility index (Phi) is 3.45. The highest BCUT2D eigenvalue weighted by Crippen LogP contribution is 2.30. The molecule has 1 aromatic heterocycles. The molecule has 0 radical (unpaired) electrons. The van der Waals surface area contributed by atoms with Gasteiger partial charge in [-0.25, -0.2) is 0 Å². The topological polar surface area (TPSA) is 30.2 Å². The molecule has 0 saturated heterocycles. The summed E-state index contributed by atoms with van der Waals surface area (Å²) in [7, 11) is 0. The van der Waals surface area contributed by atoms with Gasteiger partial charge in [-0.05, 0) is 13.0 Å². The monoisotopic (exact) mass is 328 g/mol. The lowest BCUT2D eigenvalue weighted by atomic mass is 10.1. The van der Waals surface area contributed by atoms with E-state index < -0.39 is 0 Å². The fourth-order valence-electron chi connectivity index (χ4n) is 2.26. The van der Waals surface area contributed by atoms with Crippen molar-refractivity contribution in [3.05, 3.63) is 70.4 Å². The molecule has 0 aliphatic carbocycles. The van der Waals surface area contributed by atoms with Gasteiger partial charge < -0.3 is 4.42 Å². The van der Waals surface area contributed by atoms with Crippen LogP contribution in [0.15, 0.2) is 63.8 Å². The Bertz CT molecular complexity index is 804. The van der Waals surface area contributed by atoms with Crippen molar-refractivity contribution in [3.63, 3.8) is 0 Å². The van der Waals surface area contributed by atoms with Gasteiger partial charge in [0.15, 0.2) is 5.43 Å². The average molecular weight is 329 g/mol. The molecule has 2 aromatic carbocycles. The van der Waals surface area contributed by atoms with Crippen LogP contribution in [0.1, 0.15) is 17.3 Å². The third-order valence-electron chi connectivity index (χ3n) is 3.27. The summed E-state index contributed by atoms with van der Waals surface area (Å²) < 4.78 is 5.99. The highest BCUT2D eigenvalue weighted by Gasteiger charge is 2.12. The molecule has 0 spiro atoms. The lowest BCUT2D eigenvalue weighted by molar-refractivity contribution is 0.614. The third-order valence-corrected chi connectivity index (χ3v) is 3.77. The van der Waals surface area contributed by atoms with Gasteiger partial charge in [0.1, 0.15) is 11.3 Å². The van der Waals surface area contributed by atoms with Crippen LogP contribution in [0.25, 0.3) is 22.3 Å². The van der Waals surface area contributed by atoms with Crippen LogP contribution in [0.4, 0.5) is 0 Å². The van der Waals surface area contributed by atoms with E-state index >= 15 is 0 Å². The second kappa shape index (κ2) is 5.25. The zero-order valence-corrected chi connectivity index (χ0v) is 12.6. The molecule has 0 aliphatic heterocycles. The summed E-state index contributed by atoms with van der Waals surface area (Å²) in [6.45, 7) is 2.02. The van der Waals surface area contributed by atoms with Gasteiger partial charge >= 0.3 is 0 Å². The number of benzene rings is 2. The molecule has 0 bridgehead atoms. The van der Waals surface area contributed by atoms with Crippen molar-refractivity contribution in [2.75, 3.05) is 0 Å². The van der Waals surface area contributed by atoms with E-state index in [4.69, 9.17) is 4.42 Å². The van der Waals surface area contributed by atoms with Crippen molar-refractivity contribution < 1.29 is 4.42 Å². The van der Waals surface area contributed by atoms with Gasteiger partial charge in [-0.3, -0.25) is 4.79 Å². The quantitative estimate of drug-likeness (QED) is 0.625. The average Bonchev–Trinajstić information content (AvgIpc) is 2.47. The summed E-state index contributed by atoms with van der Waals surface area (Å²) in [5.74, 6) is 0.601. The SMILES string of the molecule is CC(Br)c1cccc2c(=O)cc(-c3ccccc3)oc12. The van der Waals surface area contributed by atoms with Crippen molar-refractivity contribution >= 4 is 26.9 Å². The first-order valence-electron chi connectivity index (χ1n) is 6.43. The largest absolute Gasteiger partial charge is 0.455 e. The van der Waals surface area contributed by atoms with Gasteiger partial charge in [0.25, 0.3) is 0 Å². The molecule has 20 heavy (non-hydrogen) atoms. The van der Waals surface area contributed by atoms with E-state index in [1.165, 1.54) is 0 Å². The van der Waals surface area contributed by atoms with Crippen LogP contribution >= 0.6 is 15.9 Å². The zero-order chi connectivity index (χ0) is 14.1. The summed E-state index contributed by atoms with van der Waals surface area (Å²) in [6.07, 6.45) is 0. The molecule has 0 amide bonds. The summed E-state index contributed by atoms with van der Waals surface area (Å²) in [5.41, 5.74) is 2.53. The van der Waals surface area contributed by atoms with Gasteiger partial charge in [-0.15, -0.1) is 0 Å². The Labute approximate surface area is 125 Å². The number of para-hydroxylation sites is 1. The Balaban J connectivity index is 2.33. The first kappa shape index (κ1) is 13.1. The predicted octanol–water partition coefficient (Wildman–Crippen LogP) is 4.92. The fourth-order valence-corrected chi connectivity index (χ4v) is 2.62. The first-order valence-corrected chi connectivity index (χ1v) is 7.34. The summed E-state index contributed by atoms with van der Waals surface area (Å²) in [5, 5.41) is 0.619. The number of rotatable bonds is 2. The van der Waals surface area contributed by atoms with E-state index in [0.29, 0.717) is 16.7 Å². The fraction of sp³-hybridized carbons (Fsp3) is 0.118. The Morgan fingerprint density at radius 1 is 1.05 bits per heavy atom. The number of fused-ring (bicyclic) bond motifs is 1. The minimum Gasteiger partial charge on any atom is -0.455 e. The molecule has 3 heteroatoms. The maximum atomic E-state index is 12.3. The second-order valence-electron chi connectivity index (χ2n) is 4.68. The zero-order valence-electron chi connectivity index (χ0n) is 11.0. The van der Waals surface area contributed by atoms with Crippen LogP contribution in [0.3, 0.4) is 0 Å². The van der Waals surface area contributed by atoms with Gasteiger partial charge in [-0.1, -0.05) is 58.4 Å². The van der Waals surface area contributed by atoms with Crippen molar-refractivity contribution in [1.29, 1.82) is 0 Å². The highest BCUT2D eigenvalue weighted by atomic mass is 79.9. The normalized spacial score (nSPS) is 12.5. The molecular weight excluding hydrogens is 316 g/mol. The van der Waals surface area contributed by atoms with Crippen LogP contribution in [0, 0.1) is 0 Å². The van der Waals surface area contributed by atoms with E-state index in [1.54, 1.807) is 12.1 Å². The molecule has 0 saturated carbocycles. The molecule has 1 unspecified atom stereocenters. The molecule has 1 atom stereocenters. The van der Waals surface area contributed by atoms with E-state index in [0.717, 1.165) is 11.1 Å². The number of hydrogen-bond acceptors (Lipinski definition) is 2. The van der Waals surface area contributed by atoms with Crippen LogP contribution in [0.2, 0.25) is 0 Å². The van der Waals surface area contributed by atoms with E-state index in [-0.39, 0.29) is 10.3 Å². The molecule has 0 fully saturated rings. The van der Waals surface area contributed by atoms with Gasteiger partial charge in [0.2, 0.25) is 0 Å². The van der Waals surface area contributed by atoms with Crippen LogP contribution in [-0.4, -0.2) is 0 Å². The smallest absolute Gasteiger partial charge is 0.193 e. The van der Waals surface area contributed by atoms with Gasteiger partial charge in [0, 0.05) is 22.0 Å². The Hall–Kier alpha value is -1.87. The summed E-state index contributed by atoms with van der Waals surface area (Å²) in [4.78, 5) is 12.4. The first-order chi connectivity index (χ1) is 9.66. The number of halogens is 1.